The van der Waals surface area contributed by atoms with Gasteiger partial charge in [0.15, 0.2) is 0 Å². The number of nitro groups is 2. The third-order valence-electron chi connectivity index (χ3n) is 4.66. The van der Waals surface area contributed by atoms with Gasteiger partial charge in [-0.05, 0) is 41.5 Å². The minimum Gasteiger partial charge on any atom is -0.496 e. The summed E-state index contributed by atoms with van der Waals surface area (Å²) < 4.78 is 11.0. The maximum absolute atomic E-state index is 12.1. The predicted molar refractivity (Wildman–Crippen MR) is 123 cm³/mol. The minimum absolute atomic E-state index is 0.0201. The Morgan fingerprint density at radius 2 is 1.59 bits per heavy atom. The van der Waals surface area contributed by atoms with E-state index in [1.54, 1.807) is 18.2 Å². The highest BCUT2D eigenvalue weighted by molar-refractivity contribution is 5.83. The van der Waals surface area contributed by atoms with Gasteiger partial charge in [-0.2, -0.15) is 5.10 Å². The highest BCUT2D eigenvalue weighted by Gasteiger charge is 2.09. The number of hydrogen-bond acceptors (Lipinski definition) is 8. The predicted octanol–water partition coefficient (Wildman–Crippen LogP) is 3.78. The number of carbonyl (C=O) groups is 1. The van der Waals surface area contributed by atoms with Gasteiger partial charge in [0.2, 0.25) is 5.91 Å². The van der Waals surface area contributed by atoms with Gasteiger partial charge in [0, 0.05) is 29.8 Å². The van der Waals surface area contributed by atoms with Crippen LogP contribution in [0.1, 0.15) is 16.7 Å². The molecule has 1 N–H and O–H groups in total. The fourth-order valence-electron chi connectivity index (χ4n) is 2.96. The molecule has 0 bridgehead atoms. The number of carbonyl (C=O) groups excluding carboxylic acids is 1. The summed E-state index contributed by atoms with van der Waals surface area (Å²) in [5.74, 6) is 0.673. The number of hydrogen-bond donors (Lipinski definition) is 1. The second-order valence-corrected chi connectivity index (χ2v) is 7.00. The molecule has 0 aliphatic heterocycles. The Morgan fingerprint density at radius 1 is 0.971 bits per heavy atom. The fourth-order valence-corrected chi connectivity index (χ4v) is 2.96. The van der Waals surface area contributed by atoms with Crippen molar-refractivity contribution in [3.8, 4) is 11.5 Å². The first-order chi connectivity index (χ1) is 16.4. The van der Waals surface area contributed by atoms with E-state index in [-0.39, 0.29) is 30.3 Å². The van der Waals surface area contributed by atoms with Crippen molar-refractivity contribution in [3.05, 3.63) is 104 Å². The Balaban J connectivity index is 1.58. The van der Waals surface area contributed by atoms with Crippen molar-refractivity contribution in [1.29, 1.82) is 0 Å². The molecule has 3 aromatic rings. The lowest BCUT2D eigenvalue weighted by atomic mass is 10.1. The van der Waals surface area contributed by atoms with Gasteiger partial charge in [0.05, 0.1) is 29.6 Å². The Kier molecular flexibility index (Phi) is 7.84. The van der Waals surface area contributed by atoms with E-state index in [2.05, 4.69) is 10.5 Å². The van der Waals surface area contributed by atoms with Crippen molar-refractivity contribution in [1.82, 2.24) is 5.43 Å². The second kappa shape index (κ2) is 11.2. The molecular formula is C23H20N4O7. The number of benzene rings is 3. The first kappa shape index (κ1) is 23.9. The smallest absolute Gasteiger partial charge is 0.269 e. The molecule has 0 fully saturated rings. The van der Waals surface area contributed by atoms with Gasteiger partial charge in [-0.25, -0.2) is 5.43 Å². The topological polar surface area (TPSA) is 146 Å². The number of ether oxygens (including phenoxy) is 2. The molecule has 0 aromatic heterocycles. The summed E-state index contributed by atoms with van der Waals surface area (Å²) in [6.45, 7) is 0.148. The summed E-state index contributed by atoms with van der Waals surface area (Å²) in [6, 6.07) is 16.7. The average Bonchev–Trinajstić information content (AvgIpc) is 2.83. The molecule has 0 heterocycles. The van der Waals surface area contributed by atoms with E-state index in [4.69, 9.17) is 9.47 Å². The molecule has 0 unspecified atom stereocenters. The Labute approximate surface area is 193 Å². The van der Waals surface area contributed by atoms with Gasteiger partial charge in [-0.3, -0.25) is 25.0 Å². The van der Waals surface area contributed by atoms with Crippen LogP contribution in [0.3, 0.4) is 0 Å². The van der Waals surface area contributed by atoms with Crippen LogP contribution >= 0.6 is 0 Å². The summed E-state index contributed by atoms with van der Waals surface area (Å²) in [7, 11) is 1.52. The number of nitrogens with one attached hydrogen (secondary N) is 1. The lowest BCUT2D eigenvalue weighted by Crippen LogP contribution is -2.19. The Hall–Kier alpha value is -4.80. The molecule has 0 aliphatic rings. The summed E-state index contributed by atoms with van der Waals surface area (Å²) in [4.78, 5) is 32.5. The number of hydrazone groups is 1. The molecule has 11 heteroatoms. The zero-order valence-corrected chi connectivity index (χ0v) is 18.0. The van der Waals surface area contributed by atoms with Crippen molar-refractivity contribution in [2.24, 2.45) is 5.10 Å². The Morgan fingerprint density at radius 3 is 2.18 bits per heavy atom. The zero-order chi connectivity index (χ0) is 24.5. The monoisotopic (exact) mass is 464 g/mol. The maximum atomic E-state index is 12.1. The van der Waals surface area contributed by atoms with Crippen LogP contribution in [-0.4, -0.2) is 29.1 Å². The van der Waals surface area contributed by atoms with E-state index in [9.17, 15) is 25.0 Å². The quantitative estimate of drug-likeness (QED) is 0.273. The molecule has 0 radical (unpaired) electrons. The molecular weight excluding hydrogens is 444 g/mol. The largest absolute Gasteiger partial charge is 0.496 e. The van der Waals surface area contributed by atoms with Crippen LogP contribution in [0.25, 0.3) is 0 Å². The van der Waals surface area contributed by atoms with Crippen LogP contribution in [0.4, 0.5) is 11.4 Å². The summed E-state index contributed by atoms with van der Waals surface area (Å²) in [5, 5.41) is 25.4. The van der Waals surface area contributed by atoms with Crippen molar-refractivity contribution in [2.45, 2.75) is 13.0 Å². The van der Waals surface area contributed by atoms with Crippen molar-refractivity contribution in [3.63, 3.8) is 0 Å². The normalized spacial score (nSPS) is 10.6. The van der Waals surface area contributed by atoms with Gasteiger partial charge in [-0.1, -0.05) is 12.1 Å². The lowest BCUT2D eigenvalue weighted by Gasteiger charge is -2.11. The van der Waals surface area contributed by atoms with Crippen LogP contribution in [0.2, 0.25) is 0 Å². The number of nitrogens with zero attached hydrogens (tertiary/aromatic N) is 3. The van der Waals surface area contributed by atoms with Gasteiger partial charge >= 0.3 is 0 Å². The number of rotatable bonds is 10. The van der Waals surface area contributed by atoms with Crippen LogP contribution in [0.5, 0.6) is 11.5 Å². The summed E-state index contributed by atoms with van der Waals surface area (Å²) in [6.07, 6.45) is 1.48. The van der Waals surface area contributed by atoms with Crippen molar-refractivity contribution >= 4 is 23.5 Å². The second-order valence-electron chi connectivity index (χ2n) is 7.00. The molecule has 0 spiro atoms. The van der Waals surface area contributed by atoms with Crippen LogP contribution < -0.4 is 14.9 Å². The standard InChI is InChI=1S/C23H20N4O7/c1-33-22-11-4-17(12-18(22)15-34-21-9-7-20(8-10-21)27(31)32)14-24-25-23(28)13-16-2-5-19(6-3-16)26(29)30/h2-12,14H,13,15H2,1H3,(H,25,28)/b24-14+. The molecule has 1 amide bonds. The minimum atomic E-state index is -0.506. The number of non-ortho nitro benzene ring substituents is 2. The van der Waals surface area contributed by atoms with E-state index in [0.29, 0.717) is 28.2 Å². The molecule has 0 saturated heterocycles. The van der Waals surface area contributed by atoms with E-state index in [0.717, 1.165) is 0 Å². The summed E-state index contributed by atoms with van der Waals surface area (Å²) in [5.41, 5.74) is 4.35. The molecule has 0 saturated carbocycles. The molecule has 11 nitrogen and oxygen atoms in total. The van der Waals surface area contributed by atoms with Crippen molar-refractivity contribution in [2.75, 3.05) is 7.11 Å². The van der Waals surface area contributed by atoms with Crippen LogP contribution in [-0.2, 0) is 17.8 Å². The average molecular weight is 464 g/mol. The first-order valence-electron chi connectivity index (χ1n) is 9.95. The van der Waals surface area contributed by atoms with Crippen LogP contribution in [0.15, 0.2) is 71.8 Å². The van der Waals surface area contributed by atoms with Gasteiger partial charge in [-0.15, -0.1) is 0 Å². The number of methoxy groups -OCH3 is 1. The van der Waals surface area contributed by atoms with E-state index in [1.165, 1.54) is 61.9 Å². The first-order valence-corrected chi connectivity index (χ1v) is 9.95. The third kappa shape index (κ3) is 6.60. The van der Waals surface area contributed by atoms with Gasteiger partial charge < -0.3 is 9.47 Å². The fraction of sp³-hybridized carbons (Fsp3) is 0.130. The molecule has 174 valence electrons. The third-order valence-corrected chi connectivity index (χ3v) is 4.66. The molecule has 34 heavy (non-hydrogen) atoms. The van der Waals surface area contributed by atoms with E-state index >= 15 is 0 Å². The van der Waals surface area contributed by atoms with Gasteiger partial charge in [0.1, 0.15) is 18.1 Å². The Bertz CT molecular complexity index is 1210. The highest BCUT2D eigenvalue weighted by Crippen LogP contribution is 2.23. The molecule has 0 aliphatic carbocycles. The molecule has 3 aromatic carbocycles. The van der Waals surface area contributed by atoms with E-state index in [1.807, 2.05) is 0 Å². The zero-order valence-electron chi connectivity index (χ0n) is 18.0. The van der Waals surface area contributed by atoms with Crippen molar-refractivity contribution < 1.29 is 24.1 Å². The molecule has 0 atom stereocenters. The molecule has 3 rings (SSSR count). The van der Waals surface area contributed by atoms with Gasteiger partial charge in [0.25, 0.3) is 11.4 Å². The van der Waals surface area contributed by atoms with Crippen LogP contribution in [0, 0.1) is 20.2 Å². The summed E-state index contributed by atoms with van der Waals surface area (Å²) >= 11 is 0. The van der Waals surface area contributed by atoms with E-state index < -0.39 is 9.85 Å². The maximum Gasteiger partial charge on any atom is 0.269 e. The SMILES string of the molecule is COc1ccc(/C=N/NC(=O)Cc2ccc([N+](=O)[O-])cc2)cc1COc1ccc([N+](=O)[O-])cc1. The number of amides is 1. The number of nitro benzene ring substituents is 2. The lowest BCUT2D eigenvalue weighted by molar-refractivity contribution is -0.385. The highest BCUT2D eigenvalue weighted by atomic mass is 16.6.